The first-order valence-corrected chi connectivity index (χ1v) is 9.05. The van der Waals surface area contributed by atoms with Gasteiger partial charge in [-0.05, 0) is 13.6 Å². The molecule has 0 aliphatic heterocycles. The second-order valence-corrected chi connectivity index (χ2v) is 7.07. The van der Waals surface area contributed by atoms with Crippen LogP contribution in [0.4, 0.5) is 0 Å². The molecule has 0 saturated carbocycles. The molecule has 28 heavy (non-hydrogen) atoms. The maximum absolute atomic E-state index is 12.4. The zero-order chi connectivity index (χ0) is 22.0. The van der Waals surface area contributed by atoms with Crippen molar-refractivity contribution in [3.8, 4) is 0 Å². The van der Waals surface area contributed by atoms with Crippen LogP contribution < -0.4 is 0 Å². The highest BCUT2D eigenvalue weighted by Gasteiger charge is 2.18. The van der Waals surface area contributed by atoms with Gasteiger partial charge < -0.3 is 24.7 Å². The molecule has 0 aromatic carbocycles. The van der Waals surface area contributed by atoms with E-state index < -0.39 is 5.97 Å². The van der Waals surface area contributed by atoms with Crippen molar-refractivity contribution >= 4 is 17.8 Å². The summed E-state index contributed by atoms with van der Waals surface area (Å²) in [5.41, 5.74) is 1.18. The van der Waals surface area contributed by atoms with E-state index in [-0.39, 0.29) is 31.4 Å². The normalized spacial score (nSPS) is 10.4. The molecule has 0 heterocycles. The Morgan fingerprint density at radius 1 is 0.679 bits per heavy atom. The van der Waals surface area contributed by atoms with E-state index in [1.165, 1.54) is 9.80 Å². The lowest BCUT2D eigenvalue weighted by Gasteiger charge is -2.29. The Kier molecular flexibility index (Phi) is 10.9. The number of carboxylic acid groups (broad SMARTS) is 1. The number of carbonyl (C=O) groups excluding carboxylic acids is 2. The molecule has 1 N–H and O–H groups in total. The van der Waals surface area contributed by atoms with Crippen molar-refractivity contribution in [3.05, 3.63) is 24.6 Å². The lowest BCUT2D eigenvalue weighted by atomic mass is 10.3. The van der Waals surface area contributed by atoms with Gasteiger partial charge >= 0.3 is 5.97 Å². The van der Waals surface area contributed by atoms with Crippen LogP contribution in [0.3, 0.4) is 0 Å². The fourth-order valence-corrected chi connectivity index (χ4v) is 2.18. The van der Waals surface area contributed by atoms with Crippen LogP contribution in [-0.2, 0) is 14.4 Å². The van der Waals surface area contributed by atoms with Gasteiger partial charge in [-0.15, -0.1) is 0 Å². The molecule has 0 aromatic rings. The van der Waals surface area contributed by atoms with Gasteiger partial charge in [0, 0.05) is 39.6 Å². The number of carboxylic acids is 1. The Morgan fingerprint density at radius 2 is 1.07 bits per heavy atom. The molecule has 0 saturated heterocycles. The van der Waals surface area contributed by atoms with Crippen molar-refractivity contribution in [3.63, 3.8) is 0 Å². The number of hydrogen-bond acceptors (Lipinski definition) is 6. The molecule has 0 unspecified atom stereocenters. The molecule has 0 radical (unpaired) electrons. The van der Waals surface area contributed by atoms with Crippen LogP contribution in [0.25, 0.3) is 0 Å². The first-order chi connectivity index (χ1) is 12.9. The molecule has 9 nitrogen and oxygen atoms in total. The zero-order valence-corrected chi connectivity index (χ0v) is 18.1. The second kappa shape index (κ2) is 12.0. The van der Waals surface area contributed by atoms with E-state index in [0.29, 0.717) is 24.5 Å². The summed E-state index contributed by atoms with van der Waals surface area (Å²) in [6.45, 7) is 11.4. The van der Waals surface area contributed by atoms with Gasteiger partial charge in [0.05, 0.1) is 26.2 Å². The van der Waals surface area contributed by atoms with Gasteiger partial charge in [-0.2, -0.15) is 0 Å². The Bertz CT molecular complexity index is 593. The van der Waals surface area contributed by atoms with E-state index in [9.17, 15) is 14.4 Å². The number of rotatable bonds is 13. The summed E-state index contributed by atoms with van der Waals surface area (Å²) in [5.74, 6) is -1.13. The first kappa shape index (κ1) is 25.4. The second-order valence-electron chi connectivity index (χ2n) is 7.07. The molecule has 2 amide bonds. The fourth-order valence-electron chi connectivity index (χ4n) is 2.18. The summed E-state index contributed by atoms with van der Waals surface area (Å²) in [7, 11) is 8.58. The number of hydrogen-bond donors (Lipinski definition) is 1. The molecule has 0 aliphatic rings. The summed E-state index contributed by atoms with van der Waals surface area (Å²) >= 11 is 0. The molecule has 0 atom stereocenters. The molecule has 0 spiro atoms. The van der Waals surface area contributed by atoms with Crippen LogP contribution in [0.1, 0.15) is 6.92 Å². The van der Waals surface area contributed by atoms with Gasteiger partial charge in [-0.1, -0.05) is 20.1 Å². The molecule has 160 valence electrons. The molecular formula is C19H35N5O4. The Labute approximate surface area is 168 Å². The van der Waals surface area contributed by atoms with E-state index in [4.69, 9.17) is 5.11 Å². The van der Waals surface area contributed by atoms with E-state index in [0.717, 1.165) is 6.54 Å². The SMILES string of the molecule is C=C(CN(C)C(=O)CN(C)C(=C)CN(C)C(=O)CN(C)CC)N(C)CC(=O)O. The largest absolute Gasteiger partial charge is 0.480 e. The first-order valence-electron chi connectivity index (χ1n) is 9.05. The van der Waals surface area contributed by atoms with Crippen molar-refractivity contribution in [2.75, 3.05) is 74.5 Å². The average Bonchev–Trinajstić information content (AvgIpc) is 2.60. The highest BCUT2D eigenvalue weighted by Crippen LogP contribution is 2.05. The maximum Gasteiger partial charge on any atom is 0.323 e. The lowest BCUT2D eigenvalue weighted by molar-refractivity contribution is -0.137. The predicted molar refractivity (Wildman–Crippen MR) is 110 cm³/mol. The minimum atomic E-state index is -0.961. The van der Waals surface area contributed by atoms with Crippen LogP contribution in [0.15, 0.2) is 24.6 Å². The van der Waals surface area contributed by atoms with E-state index in [2.05, 4.69) is 13.2 Å². The molecule has 0 rings (SSSR count). The van der Waals surface area contributed by atoms with Gasteiger partial charge in [0.25, 0.3) is 0 Å². The standard InChI is InChI=1S/C19H35N5O4/c1-9-20(4)12-17(25)23(7)10-15(2)21(5)13-18(26)24(8)11-16(3)22(6)14-19(27)28/h2-3,9-14H2,1,4-8H3,(H,27,28). The molecular weight excluding hydrogens is 362 g/mol. The van der Waals surface area contributed by atoms with E-state index >= 15 is 0 Å². The van der Waals surface area contributed by atoms with Crippen molar-refractivity contribution < 1.29 is 19.5 Å². The van der Waals surface area contributed by atoms with Gasteiger partial charge in [0.15, 0.2) is 0 Å². The number of aliphatic carboxylic acids is 1. The summed E-state index contributed by atoms with van der Waals surface area (Å²) in [5, 5.41) is 8.82. The third kappa shape index (κ3) is 9.40. The number of nitrogens with zero attached hydrogens (tertiary/aromatic N) is 5. The number of carbonyl (C=O) groups is 3. The Morgan fingerprint density at radius 3 is 1.46 bits per heavy atom. The summed E-state index contributed by atoms with van der Waals surface area (Å²) in [6.07, 6.45) is 0. The smallest absolute Gasteiger partial charge is 0.323 e. The highest BCUT2D eigenvalue weighted by atomic mass is 16.4. The molecule has 0 aromatic heterocycles. The zero-order valence-electron chi connectivity index (χ0n) is 18.1. The van der Waals surface area contributed by atoms with Crippen molar-refractivity contribution in [1.29, 1.82) is 0 Å². The Hall–Kier alpha value is -2.55. The van der Waals surface area contributed by atoms with Crippen LogP contribution in [0.2, 0.25) is 0 Å². The van der Waals surface area contributed by atoms with Crippen LogP contribution in [0, 0.1) is 0 Å². The summed E-state index contributed by atoms with van der Waals surface area (Å²) < 4.78 is 0. The van der Waals surface area contributed by atoms with Crippen LogP contribution in [-0.4, -0.2) is 122 Å². The average molecular weight is 398 g/mol. The molecule has 0 bridgehead atoms. The number of amides is 2. The van der Waals surface area contributed by atoms with E-state index in [1.54, 1.807) is 38.0 Å². The highest BCUT2D eigenvalue weighted by molar-refractivity contribution is 5.79. The molecule has 0 aliphatic carbocycles. The minimum absolute atomic E-state index is 0.0138. The van der Waals surface area contributed by atoms with Crippen molar-refractivity contribution in [1.82, 2.24) is 24.5 Å². The van der Waals surface area contributed by atoms with Crippen LogP contribution in [0.5, 0.6) is 0 Å². The maximum atomic E-state index is 12.4. The fraction of sp³-hybridized carbons (Fsp3) is 0.632. The monoisotopic (exact) mass is 397 g/mol. The third-order valence-electron chi connectivity index (χ3n) is 4.46. The van der Waals surface area contributed by atoms with Gasteiger partial charge in [0.2, 0.25) is 11.8 Å². The topological polar surface area (TPSA) is 87.6 Å². The summed E-state index contributed by atoms with van der Waals surface area (Å²) in [6, 6.07) is 0. The van der Waals surface area contributed by atoms with Crippen LogP contribution >= 0.6 is 0 Å². The van der Waals surface area contributed by atoms with Gasteiger partial charge in [0.1, 0.15) is 6.54 Å². The van der Waals surface area contributed by atoms with Crippen molar-refractivity contribution in [2.45, 2.75) is 6.92 Å². The van der Waals surface area contributed by atoms with Gasteiger partial charge in [-0.25, -0.2) is 0 Å². The van der Waals surface area contributed by atoms with E-state index in [1.807, 2.05) is 18.9 Å². The summed E-state index contributed by atoms with van der Waals surface area (Å²) in [4.78, 5) is 43.5. The number of likely N-dealkylation sites (N-methyl/N-ethyl adjacent to an activating group) is 5. The minimum Gasteiger partial charge on any atom is -0.480 e. The van der Waals surface area contributed by atoms with Crippen molar-refractivity contribution in [2.24, 2.45) is 0 Å². The predicted octanol–water partition coefficient (Wildman–Crippen LogP) is -0.169. The molecule has 0 fully saturated rings. The quantitative estimate of drug-likeness (QED) is 0.462. The Balaban J connectivity index is 4.55. The van der Waals surface area contributed by atoms with Gasteiger partial charge in [-0.3, -0.25) is 19.3 Å². The lowest BCUT2D eigenvalue weighted by Crippen LogP contribution is -2.42. The molecule has 9 heteroatoms. The third-order valence-corrected chi connectivity index (χ3v) is 4.46.